The normalized spacial score (nSPS) is 13.7. The van der Waals surface area contributed by atoms with Gasteiger partial charge in [0.05, 0.1) is 10.4 Å². The summed E-state index contributed by atoms with van der Waals surface area (Å²) in [5.41, 5.74) is 0.784. The van der Waals surface area contributed by atoms with E-state index in [2.05, 4.69) is 4.72 Å². The van der Waals surface area contributed by atoms with Crippen molar-refractivity contribution in [3.63, 3.8) is 0 Å². The fourth-order valence-electron chi connectivity index (χ4n) is 2.41. The summed E-state index contributed by atoms with van der Waals surface area (Å²) in [6.07, 6.45) is 0. The van der Waals surface area contributed by atoms with Crippen LogP contribution in [-0.2, 0) is 10.0 Å². The van der Waals surface area contributed by atoms with Crippen LogP contribution in [0, 0.1) is 0 Å². The van der Waals surface area contributed by atoms with Gasteiger partial charge in [-0.05, 0) is 38.4 Å². The molecule has 3 aromatic rings. The monoisotopic (exact) mass is 384 g/mol. The number of thiophene rings is 1. The maximum atomic E-state index is 12.4. The molecule has 0 aliphatic rings. The predicted molar refractivity (Wildman–Crippen MR) is 97.2 cm³/mol. The number of para-hydroxylation sites is 1. The topological polar surface area (TPSA) is 62.6 Å². The third kappa shape index (κ3) is 3.65. The number of hydrogen-bond donors (Lipinski definition) is 1. The summed E-state index contributed by atoms with van der Waals surface area (Å²) in [4.78, 5) is 1.92. The molecule has 0 spiro atoms. The molecule has 0 fully saturated rings. The Labute approximate surface area is 149 Å². The van der Waals surface area contributed by atoms with Crippen molar-refractivity contribution in [3.8, 4) is 0 Å². The van der Waals surface area contributed by atoms with E-state index in [1.165, 1.54) is 6.07 Å². The lowest BCUT2D eigenvalue weighted by Gasteiger charge is -2.22. The van der Waals surface area contributed by atoms with Crippen LogP contribution in [0.25, 0.3) is 11.0 Å². The van der Waals surface area contributed by atoms with Gasteiger partial charge in [-0.3, -0.25) is 4.90 Å². The second kappa shape index (κ2) is 6.85. The van der Waals surface area contributed by atoms with E-state index in [1.54, 1.807) is 6.07 Å². The molecule has 8 heteroatoms. The van der Waals surface area contributed by atoms with Crippen molar-refractivity contribution < 1.29 is 12.8 Å². The van der Waals surface area contributed by atoms with Gasteiger partial charge in [-0.2, -0.15) is 0 Å². The van der Waals surface area contributed by atoms with Crippen molar-refractivity contribution in [2.24, 2.45) is 0 Å². The zero-order valence-electron chi connectivity index (χ0n) is 13.2. The van der Waals surface area contributed by atoms with Crippen LogP contribution < -0.4 is 4.72 Å². The first kappa shape index (κ1) is 17.4. The zero-order chi connectivity index (χ0) is 17.3. The molecule has 0 radical (unpaired) electrons. The molecule has 2 heterocycles. The molecule has 3 rings (SSSR count). The third-order valence-electron chi connectivity index (χ3n) is 3.68. The van der Waals surface area contributed by atoms with Crippen molar-refractivity contribution in [2.75, 3.05) is 20.6 Å². The number of halogens is 1. The molecule has 2 aromatic heterocycles. The number of nitrogens with zero attached hydrogens (tertiary/aromatic N) is 1. The highest BCUT2D eigenvalue weighted by atomic mass is 35.5. The first-order valence-electron chi connectivity index (χ1n) is 7.27. The van der Waals surface area contributed by atoms with Crippen LogP contribution in [0.15, 0.2) is 51.1 Å². The molecule has 5 nitrogen and oxygen atoms in total. The molecule has 1 atom stereocenters. The van der Waals surface area contributed by atoms with E-state index in [-0.39, 0.29) is 16.8 Å². The smallest absolute Gasteiger partial charge is 0.250 e. The Hall–Kier alpha value is -1.38. The number of likely N-dealkylation sites (N-methyl/N-ethyl adjacent to an activating group) is 1. The van der Waals surface area contributed by atoms with Crippen LogP contribution in [0.5, 0.6) is 0 Å². The van der Waals surface area contributed by atoms with Gasteiger partial charge in [-0.25, -0.2) is 13.1 Å². The molecule has 0 unspecified atom stereocenters. The number of nitrogens with one attached hydrogen (secondary N) is 1. The van der Waals surface area contributed by atoms with Crippen LogP contribution >= 0.6 is 22.9 Å². The summed E-state index contributed by atoms with van der Waals surface area (Å²) in [7, 11) is 0.176. The van der Waals surface area contributed by atoms with Gasteiger partial charge < -0.3 is 4.42 Å². The number of benzene rings is 1. The first-order valence-corrected chi connectivity index (χ1v) is 9.94. The fraction of sp³-hybridized carbons (Fsp3) is 0.250. The summed E-state index contributed by atoms with van der Waals surface area (Å²) in [5.74, 6) is 0.716. The van der Waals surface area contributed by atoms with E-state index in [9.17, 15) is 8.42 Å². The standard InChI is InChI=1S/C16H17ClN2O3S2/c1-19(2)12(14-9-11-5-3-4-6-13(11)22-14)10-18-24(20,21)16-8-7-15(17)23-16/h3-9,12,18H,10H2,1-2H3/t12-/m0/s1. The number of furan rings is 1. The van der Waals surface area contributed by atoms with Crippen LogP contribution in [0.1, 0.15) is 11.8 Å². The Morgan fingerprint density at radius 1 is 1.25 bits per heavy atom. The average molecular weight is 385 g/mol. The third-order valence-corrected chi connectivity index (χ3v) is 6.82. The lowest BCUT2D eigenvalue weighted by Crippen LogP contribution is -2.34. The zero-order valence-corrected chi connectivity index (χ0v) is 15.6. The number of hydrogen-bond acceptors (Lipinski definition) is 5. The van der Waals surface area contributed by atoms with Gasteiger partial charge in [0.25, 0.3) is 0 Å². The van der Waals surface area contributed by atoms with Gasteiger partial charge >= 0.3 is 0 Å². The number of sulfonamides is 1. The summed E-state index contributed by atoms with van der Waals surface area (Å²) in [6.45, 7) is 0.199. The second-order valence-electron chi connectivity index (χ2n) is 5.58. The summed E-state index contributed by atoms with van der Waals surface area (Å²) in [5, 5.41) is 0.993. The van der Waals surface area contributed by atoms with Crippen LogP contribution in [-0.4, -0.2) is 34.0 Å². The van der Waals surface area contributed by atoms with Crippen molar-refractivity contribution >= 4 is 43.9 Å². The second-order valence-corrected chi connectivity index (χ2v) is 9.29. The minimum atomic E-state index is -3.59. The maximum Gasteiger partial charge on any atom is 0.250 e. The fourth-order valence-corrected chi connectivity index (χ4v) is 4.97. The van der Waals surface area contributed by atoms with Crippen LogP contribution in [0.3, 0.4) is 0 Å². The van der Waals surface area contributed by atoms with E-state index in [1.807, 2.05) is 49.3 Å². The molecular formula is C16H17ClN2O3S2. The van der Waals surface area contributed by atoms with Crippen molar-refractivity contribution in [1.29, 1.82) is 0 Å². The number of fused-ring (bicyclic) bond motifs is 1. The minimum absolute atomic E-state index is 0.199. The molecular weight excluding hydrogens is 368 g/mol. The van der Waals surface area contributed by atoms with Gasteiger partial charge in [-0.15, -0.1) is 11.3 Å². The summed E-state index contributed by atoms with van der Waals surface area (Å²) < 4.78 is 33.9. The molecule has 24 heavy (non-hydrogen) atoms. The van der Waals surface area contributed by atoms with Gasteiger partial charge in [0.2, 0.25) is 10.0 Å². The molecule has 0 aliphatic carbocycles. The van der Waals surface area contributed by atoms with Gasteiger partial charge in [0, 0.05) is 11.9 Å². The Bertz CT molecular complexity index is 914. The minimum Gasteiger partial charge on any atom is -0.459 e. The Balaban J connectivity index is 1.82. The Morgan fingerprint density at radius 2 is 2.00 bits per heavy atom. The van der Waals surface area contributed by atoms with Crippen molar-refractivity contribution in [2.45, 2.75) is 10.3 Å². The van der Waals surface area contributed by atoms with E-state index in [0.29, 0.717) is 10.1 Å². The quantitative estimate of drug-likeness (QED) is 0.703. The molecule has 1 aromatic carbocycles. The Morgan fingerprint density at radius 3 is 2.62 bits per heavy atom. The lowest BCUT2D eigenvalue weighted by atomic mass is 10.2. The summed E-state index contributed by atoms with van der Waals surface area (Å²) >= 11 is 6.86. The molecule has 0 aliphatic heterocycles. The SMILES string of the molecule is CN(C)[C@@H](CNS(=O)(=O)c1ccc(Cl)s1)c1cc2ccccc2o1. The highest BCUT2D eigenvalue weighted by Crippen LogP contribution is 2.28. The van der Waals surface area contributed by atoms with Gasteiger partial charge in [0.15, 0.2) is 0 Å². The molecule has 1 N–H and O–H groups in total. The molecule has 0 bridgehead atoms. The largest absolute Gasteiger partial charge is 0.459 e. The highest BCUT2D eigenvalue weighted by molar-refractivity contribution is 7.91. The molecule has 128 valence electrons. The predicted octanol–water partition coefficient (Wildman–Crippen LogP) is 3.73. The van der Waals surface area contributed by atoms with Gasteiger partial charge in [0.1, 0.15) is 15.6 Å². The van der Waals surface area contributed by atoms with Crippen molar-refractivity contribution in [3.05, 3.63) is 52.6 Å². The molecule has 0 saturated carbocycles. The summed E-state index contributed by atoms with van der Waals surface area (Å²) in [6, 6.07) is 12.5. The van der Waals surface area contributed by atoms with E-state index < -0.39 is 10.0 Å². The lowest BCUT2D eigenvalue weighted by molar-refractivity contribution is 0.264. The first-order chi connectivity index (χ1) is 11.4. The molecule has 0 amide bonds. The van der Waals surface area contributed by atoms with Crippen LogP contribution in [0.4, 0.5) is 0 Å². The maximum absolute atomic E-state index is 12.4. The van der Waals surface area contributed by atoms with Crippen LogP contribution in [0.2, 0.25) is 4.34 Å². The van der Waals surface area contributed by atoms with E-state index in [0.717, 1.165) is 22.3 Å². The van der Waals surface area contributed by atoms with Crippen molar-refractivity contribution in [1.82, 2.24) is 9.62 Å². The van der Waals surface area contributed by atoms with E-state index in [4.69, 9.17) is 16.0 Å². The Kier molecular flexibility index (Phi) is 4.98. The van der Waals surface area contributed by atoms with E-state index >= 15 is 0 Å². The average Bonchev–Trinajstić information content (AvgIpc) is 3.13. The van der Waals surface area contributed by atoms with Gasteiger partial charge in [-0.1, -0.05) is 29.8 Å². The highest BCUT2D eigenvalue weighted by Gasteiger charge is 2.23. The number of rotatable bonds is 6. The molecule has 0 saturated heterocycles.